The lowest BCUT2D eigenvalue weighted by atomic mass is 10.1. The average Bonchev–Trinajstić information content (AvgIpc) is 2.30. The third kappa shape index (κ3) is 2.78. The fraction of sp³-hybridized carbons (Fsp3) is 0.462. The third-order valence-electron chi connectivity index (χ3n) is 3.14. The first-order chi connectivity index (χ1) is 8.90. The van der Waals surface area contributed by atoms with Crippen LogP contribution in [0.1, 0.15) is 24.2 Å². The first-order valence-electron chi connectivity index (χ1n) is 6.11. The number of hydrogen-bond donors (Lipinski definition) is 2. The monoisotopic (exact) mass is 284 g/mol. The highest BCUT2D eigenvalue weighted by atomic mass is 32.2. The first-order valence-corrected chi connectivity index (χ1v) is 7.06. The number of carbonyl (C=O) groups is 1. The lowest BCUT2D eigenvalue weighted by molar-refractivity contribution is 0.0698. The van der Waals surface area contributed by atoms with E-state index in [1.165, 1.54) is 12.1 Å². The number of halogens is 1. The van der Waals surface area contributed by atoms with E-state index in [1.807, 2.05) is 16.7 Å². The second-order valence-corrected chi connectivity index (χ2v) is 6.70. The molecule has 3 N–H and O–H groups in total. The van der Waals surface area contributed by atoms with Crippen LogP contribution >= 0.6 is 11.8 Å². The molecule has 0 saturated carbocycles. The van der Waals surface area contributed by atoms with Gasteiger partial charge in [0.15, 0.2) is 0 Å². The maximum atomic E-state index is 13.4. The number of aromatic carboxylic acids is 1. The van der Waals surface area contributed by atoms with Crippen molar-refractivity contribution >= 4 is 29.1 Å². The van der Waals surface area contributed by atoms with Gasteiger partial charge in [-0.15, -0.1) is 0 Å². The number of carboxylic acids is 1. The Hall–Kier alpha value is -1.43. The number of carboxylic acid groups (broad SMARTS) is 1. The van der Waals surface area contributed by atoms with E-state index in [4.69, 9.17) is 5.73 Å². The molecule has 2 rings (SSSR count). The van der Waals surface area contributed by atoms with Gasteiger partial charge in [-0.2, -0.15) is 11.8 Å². The molecule has 0 amide bonds. The molecule has 1 aromatic rings. The average molecular weight is 284 g/mol. The molecule has 19 heavy (non-hydrogen) atoms. The van der Waals surface area contributed by atoms with Crippen molar-refractivity contribution in [2.24, 2.45) is 0 Å². The maximum absolute atomic E-state index is 13.4. The minimum Gasteiger partial charge on any atom is -0.478 e. The molecule has 0 aromatic heterocycles. The number of nitrogens with zero attached hydrogens (tertiary/aromatic N) is 1. The Morgan fingerprint density at radius 3 is 2.53 bits per heavy atom. The van der Waals surface area contributed by atoms with Crippen molar-refractivity contribution < 1.29 is 14.3 Å². The van der Waals surface area contributed by atoms with E-state index in [2.05, 4.69) is 13.8 Å². The van der Waals surface area contributed by atoms with Gasteiger partial charge in [0.25, 0.3) is 0 Å². The van der Waals surface area contributed by atoms with Crippen LogP contribution in [0.15, 0.2) is 12.1 Å². The Bertz CT molecular complexity index is 500. The van der Waals surface area contributed by atoms with Gasteiger partial charge in [-0.1, -0.05) is 13.8 Å². The number of nitrogen functional groups attached to an aromatic ring is 1. The summed E-state index contributed by atoms with van der Waals surface area (Å²) in [5, 5.41) is 10.1. The summed E-state index contributed by atoms with van der Waals surface area (Å²) in [6.45, 7) is 5.67. The zero-order valence-corrected chi connectivity index (χ0v) is 11.7. The van der Waals surface area contributed by atoms with Gasteiger partial charge in [-0.05, 0) is 12.1 Å². The van der Waals surface area contributed by atoms with Crippen LogP contribution in [0.25, 0.3) is 0 Å². The van der Waals surface area contributed by atoms with Crippen molar-refractivity contribution in [1.82, 2.24) is 0 Å². The van der Waals surface area contributed by atoms with Crippen LogP contribution < -0.4 is 10.6 Å². The molecule has 6 heteroatoms. The van der Waals surface area contributed by atoms with Crippen molar-refractivity contribution in [2.45, 2.75) is 24.3 Å². The fourth-order valence-corrected chi connectivity index (χ4v) is 3.77. The molecule has 0 bridgehead atoms. The molecule has 0 radical (unpaired) electrons. The number of rotatable bonds is 2. The smallest absolute Gasteiger partial charge is 0.340 e. The quantitative estimate of drug-likeness (QED) is 0.817. The number of anilines is 2. The van der Waals surface area contributed by atoms with Crippen LogP contribution in [0.4, 0.5) is 15.8 Å². The molecular weight excluding hydrogens is 267 g/mol. The van der Waals surface area contributed by atoms with E-state index in [9.17, 15) is 14.3 Å². The van der Waals surface area contributed by atoms with Gasteiger partial charge in [0.1, 0.15) is 11.4 Å². The van der Waals surface area contributed by atoms with Crippen molar-refractivity contribution in [3.05, 3.63) is 23.5 Å². The van der Waals surface area contributed by atoms with Crippen LogP contribution in [-0.2, 0) is 0 Å². The fourth-order valence-electron chi connectivity index (χ4n) is 2.45. The van der Waals surface area contributed by atoms with Crippen LogP contribution in [0, 0.1) is 5.82 Å². The molecule has 0 aliphatic carbocycles. The van der Waals surface area contributed by atoms with Gasteiger partial charge >= 0.3 is 5.97 Å². The molecule has 1 heterocycles. The molecule has 1 saturated heterocycles. The lowest BCUT2D eigenvalue weighted by Crippen LogP contribution is -2.41. The lowest BCUT2D eigenvalue weighted by Gasteiger charge is -2.37. The van der Waals surface area contributed by atoms with Crippen molar-refractivity contribution in [1.29, 1.82) is 0 Å². The highest BCUT2D eigenvalue weighted by molar-refractivity contribution is 8.00. The molecule has 4 nitrogen and oxygen atoms in total. The molecule has 1 aliphatic rings. The van der Waals surface area contributed by atoms with E-state index < -0.39 is 11.8 Å². The normalized spacial score (nSPS) is 23.4. The summed E-state index contributed by atoms with van der Waals surface area (Å²) >= 11 is 1.87. The highest BCUT2D eigenvalue weighted by Crippen LogP contribution is 2.33. The van der Waals surface area contributed by atoms with E-state index in [0.717, 1.165) is 13.1 Å². The second-order valence-electron chi connectivity index (χ2n) is 4.82. The Labute approximate surface area is 115 Å². The van der Waals surface area contributed by atoms with Crippen molar-refractivity contribution in [3.63, 3.8) is 0 Å². The summed E-state index contributed by atoms with van der Waals surface area (Å²) in [4.78, 5) is 13.3. The topological polar surface area (TPSA) is 66.6 Å². The van der Waals surface area contributed by atoms with E-state index in [-0.39, 0.29) is 11.3 Å². The predicted octanol–water partition coefficient (Wildman–Crippen LogP) is 2.44. The summed E-state index contributed by atoms with van der Waals surface area (Å²) < 4.78 is 13.4. The van der Waals surface area contributed by atoms with Gasteiger partial charge in [-0.3, -0.25) is 0 Å². The van der Waals surface area contributed by atoms with E-state index >= 15 is 0 Å². The molecule has 1 fully saturated rings. The Morgan fingerprint density at radius 1 is 1.42 bits per heavy atom. The van der Waals surface area contributed by atoms with Gasteiger partial charge in [-0.25, -0.2) is 9.18 Å². The van der Waals surface area contributed by atoms with Crippen LogP contribution in [0.3, 0.4) is 0 Å². The predicted molar refractivity (Wildman–Crippen MR) is 76.5 cm³/mol. The Morgan fingerprint density at radius 2 is 2.00 bits per heavy atom. The second kappa shape index (κ2) is 5.28. The Balaban J connectivity index is 2.44. The van der Waals surface area contributed by atoms with Crippen LogP contribution in [0.2, 0.25) is 0 Å². The molecule has 1 aliphatic heterocycles. The summed E-state index contributed by atoms with van der Waals surface area (Å²) in [6.07, 6.45) is 0. The van der Waals surface area contributed by atoms with Crippen molar-refractivity contribution in [3.8, 4) is 0 Å². The highest BCUT2D eigenvalue weighted by Gasteiger charge is 2.27. The summed E-state index contributed by atoms with van der Waals surface area (Å²) in [5.41, 5.74) is 5.66. The molecule has 2 unspecified atom stereocenters. The Kier molecular flexibility index (Phi) is 3.89. The zero-order chi connectivity index (χ0) is 14.2. The summed E-state index contributed by atoms with van der Waals surface area (Å²) in [6, 6.07) is 2.73. The molecule has 1 aromatic carbocycles. The molecular formula is C13H17FN2O2S. The maximum Gasteiger partial charge on any atom is 0.340 e. The van der Waals surface area contributed by atoms with Gasteiger partial charge in [0, 0.05) is 23.6 Å². The largest absolute Gasteiger partial charge is 0.478 e. The number of thioether (sulfide) groups is 1. The molecule has 104 valence electrons. The van der Waals surface area contributed by atoms with Gasteiger partial charge in [0.05, 0.1) is 11.4 Å². The minimum absolute atomic E-state index is 0.133. The summed E-state index contributed by atoms with van der Waals surface area (Å²) in [5.74, 6) is -1.88. The van der Waals surface area contributed by atoms with Crippen LogP contribution in [-0.4, -0.2) is 34.7 Å². The van der Waals surface area contributed by atoms with E-state index in [0.29, 0.717) is 16.2 Å². The standard InChI is InChI=1S/C13H17FN2O2S/c1-7-5-16(6-8(2)19-7)10-4-3-9(14)12(15)11(10)13(17)18/h3-4,7-8H,5-6,15H2,1-2H3,(H,17,18). The number of benzene rings is 1. The number of nitrogens with two attached hydrogens (primary N) is 1. The molecule has 0 spiro atoms. The van der Waals surface area contributed by atoms with Crippen LogP contribution in [0.5, 0.6) is 0 Å². The van der Waals surface area contributed by atoms with Crippen molar-refractivity contribution in [2.75, 3.05) is 23.7 Å². The summed E-state index contributed by atoms with van der Waals surface area (Å²) in [7, 11) is 0. The number of hydrogen-bond acceptors (Lipinski definition) is 4. The first kappa shape index (κ1) is 14.0. The van der Waals surface area contributed by atoms with E-state index in [1.54, 1.807) is 0 Å². The van der Waals surface area contributed by atoms with Gasteiger partial charge < -0.3 is 15.7 Å². The third-order valence-corrected chi connectivity index (χ3v) is 4.37. The molecule has 2 atom stereocenters. The minimum atomic E-state index is -1.19. The van der Waals surface area contributed by atoms with Gasteiger partial charge in [0.2, 0.25) is 0 Å². The SMILES string of the molecule is CC1CN(c2ccc(F)c(N)c2C(=O)O)CC(C)S1. The zero-order valence-electron chi connectivity index (χ0n) is 10.9.